The Morgan fingerprint density at radius 1 is 1.15 bits per heavy atom. The van der Waals surface area contributed by atoms with E-state index in [9.17, 15) is 9.59 Å². The summed E-state index contributed by atoms with van der Waals surface area (Å²) in [5, 5.41) is 7.50. The molecule has 0 radical (unpaired) electrons. The minimum Gasteiger partial charge on any atom is -0.324 e. The van der Waals surface area contributed by atoms with E-state index >= 15 is 0 Å². The Balaban J connectivity index is 1.40. The van der Waals surface area contributed by atoms with Gasteiger partial charge in [-0.15, -0.1) is 23.1 Å². The molecule has 0 spiro atoms. The third kappa shape index (κ3) is 3.61. The summed E-state index contributed by atoms with van der Waals surface area (Å²) in [5.74, 6) is -0.392. The summed E-state index contributed by atoms with van der Waals surface area (Å²) in [6.45, 7) is 0. The molecule has 1 aliphatic rings. The molecule has 1 aliphatic heterocycles. The van der Waals surface area contributed by atoms with E-state index in [0.717, 1.165) is 16.3 Å². The summed E-state index contributed by atoms with van der Waals surface area (Å²) >= 11 is 2.74. The highest BCUT2D eigenvalue weighted by molar-refractivity contribution is 8.01. The molecule has 3 aromatic rings. The molecule has 26 heavy (non-hydrogen) atoms. The Morgan fingerprint density at radius 3 is 2.85 bits per heavy atom. The molecule has 0 unspecified atom stereocenters. The van der Waals surface area contributed by atoms with Gasteiger partial charge in [0, 0.05) is 22.9 Å². The van der Waals surface area contributed by atoms with Gasteiger partial charge in [0.15, 0.2) is 5.13 Å². The van der Waals surface area contributed by atoms with Gasteiger partial charge in [-0.3, -0.25) is 14.6 Å². The number of carbonyl (C=O) groups excluding carboxylic acids is 2. The number of pyridine rings is 1. The van der Waals surface area contributed by atoms with E-state index in [1.165, 1.54) is 23.1 Å². The molecule has 8 heteroatoms. The smallest absolute Gasteiger partial charge is 0.238 e. The van der Waals surface area contributed by atoms with Crippen LogP contribution in [0.4, 0.5) is 10.8 Å². The lowest BCUT2D eigenvalue weighted by Gasteiger charge is -2.23. The van der Waals surface area contributed by atoms with Crippen molar-refractivity contribution < 1.29 is 9.59 Å². The Morgan fingerprint density at radius 2 is 2.00 bits per heavy atom. The van der Waals surface area contributed by atoms with E-state index in [1.807, 2.05) is 47.8 Å². The zero-order valence-corrected chi connectivity index (χ0v) is 15.1. The average Bonchev–Trinajstić information content (AvgIpc) is 3.11. The number of rotatable bonds is 4. The molecule has 0 aliphatic carbocycles. The van der Waals surface area contributed by atoms with Gasteiger partial charge in [-0.05, 0) is 24.3 Å². The third-order valence-corrected chi connectivity index (χ3v) is 5.79. The molecule has 0 saturated carbocycles. The molecule has 6 nitrogen and oxygen atoms in total. The van der Waals surface area contributed by atoms with Gasteiger partial charge < -0.3 is 10.6 Å². The number of aromatic nitrogens is 2. The summed E-state index contributed by atoms with van der Waals surface area (Å²) in [6, 6.07) is 13.2. The van der Waals surface area contributed by atoms with Crippen LogP contribution in [-0.2, 0) is 9.59 Å². The quantitative estimate of drug-likeness (QED) is 0.720. The normalized spacial score (nSPS) is 15.8. The van der Waals surface area contributed by atoms with Crippen molar-refractivity contribution in [2.24, 2.45) is 0 Å². The summed E-state index contributed by atoms with van der Waals surface area (Å²) in [4.78, 5) is 34.1. The minimum atomic E-state index is -0.458. The second-order valence-electron chi connectivity index (χ2n) is 5.60. The maximum atomic E-state index is 12.3. The van der Waals surface area contributed by atoms with E-state index in [2.05, 4.69) is 20.6 Å². The van der Waals surface area contributed by atoms with Gasteiger partial charge in [-0.2, -0.15) is 0 Å². The molecule has 0 saturated heterocycles. The van der Waals surface area contributed by atoms with Crippen LogP contribution in [-0.4, -0.2) is 27.0 Å². The summed E-state index contributed by atoms with van der Waals surface area (Å²) in [7, 11) is 0. The van der Waals surface area contributed by atoms with Crippen LogP contribution < -0.4 is 10.6 Å². The molecule has 1 aromatic carbocycles. The number of thiazole rings is 1. The van der Waals surface area contributed by atoms with Gasteiger partial charge >= 0.3 is 0 Å². The number of fused-ring (bicyclic) bond motifs is 1. The fraction of sp³-hybridized carbons (Fsp3) is 0.111. The number of amides is 2. The van der Waals surface area contributed by atoms with E-state index in [1.54, 1.807) is 6.20 Å². The number of hydrogen-bond donors (Lipinski definition) is 2. The summed E-state index contributed by atoms with van der Waals surface area (Å²) in [6.07, 6.45) is 1.78. The van der Waals surface area contributed by atoms with Crippen molar-refractivity contribution >= 4 is 45.7 Å². The molecule has 1 atom stereocenters. The van der Waals surface area contributed by atoms with Crippen LogP contribution in [0.1, 0.15) is 6.42 Å². The van der Waals surface area contributed by atoms with Crippen molar-refractivity contribution in [3.63, 3.8) is 0 Å². The van der Waals surface area contributed by atoms with Gasteiger partial charge in [0.1, 0.15) is 5.69 Å². The zero-order chi connectivity index (χ0) is 17.9. The monoisotopic (exact) mass is 382 g/mol. The maximum absolute atomic E-state index is 12.3. The zero-order valence-electron chi connectivity index (χ0n) is 13.5. The largest absolute Gasteiger partial charge is 0.324 e. The predicted molar refractivity (Wildman–Crippen MR) is 103 cm³/mol. The number of carbonyl (C=O) groups is 2. The molecule has 0 fully saturated rings. The molecule has 2 amide bonds. The van der Waals surface area contributed by atoms with Gasteiger partial charge in [-0.25, -0.2) is 4.98 Å². The third-order valence-electron chi connectivity index (χ3n) is 3.76. The van der Waals surface area contributed by atoms with Crippen molar-refractivity contribution in [3.05, 3.63) is 54.0 Å². The summed E-state index contributed by atoms with van der Waals surface area (Å²) < 4.78 is 0. The van der Waals surface area contributed by atoms with Crippen LogP contribution in [0, 0.1) is 0 Å². The van der Waals surface area contributed by atoms with Crippen molar-refractivity contribution in [2.75, 3.05) is 10.6 Å². The number of nitrogens with zero attached hydrogens (tertiary/aromatic N) is 2. The van der Waals surface area contributed by atoms with E-state index < -0.39 is 5.25 Å². The first-order valence-electron chi connectivity index (χ1n) is 7.92. The topological polar surface area (TPSA) is 84.0 Å². The van der Waals surface area contributed by atoms with Gasteiger partial charge in [0.2, 0.25) is 11.8 Å². The first kappa shape index (κ1) is 16.7. The molecule has 4 rings (SSSR count). The van der Waals surface area contributed by atoms with Gasteiger partial charge in [0.05, 0.1) is 16.6 Å². The van der Waals surface area contributed by atoms with Crippen LogP contribution in [0.15, 0.2) is 58.9 Å². The second-order valence-corrected chi connectivity index (χ2v) is 7.70. The first-order valence-corrected chi connectivity index (χ1v) is 9.68. The molecule has 0 bridgehead atoms. The Labute approximate surface area is 158 Å². The highest BCUT2D eigenvalue weighted by Gasteiger charge is 2.29. The number of thioether (sulfide) groups is 1. The van der Waals surface area contributed by atoms with Gasteiger partial charge in [-0.1, -0.05) is 18.2 Å². The molecule has 2 N–H and O–H groups in total. The maximum Gasteiger partial charge on any atom is 0.238 e. The van der Waals surface area contributed by atoms with Crippen molar-refractivity contribution in [1.82, 2.24) is 9.97 Å². The lowest BCUT2D eigenvalue weighted by atomic mass is 10.2. The number of hydrogen-bond acceptors (Lipinski definition) is 6. The van der Waals surface area contributed by atoms with E-state index in [0.29, 0.717) is 10.8 Å². The predicted octanol–water partition coefficient (Wildman–Crippen LogP) is 3.65. The lowest BCUT2D eigenvalue weighted by molar-refractivity contribution is -0.120. The minimum absolute atomic E-state index is 0.0866. The van der Waals surface area contributed by atoms with Crippen LogP contribution >= 0.6 is 23.1 Å². The molecule has 130 valence electrons. The number of nitrogens with one attached hydrogen (secondary N) is 2. The average molecular weight is 382 g/mol. The van der Waals surface area contributed by atoms with E-state index in [4.69, 9.17) is 0 Å². The van der Waals surface area contributed by atoms with Crippen molar-refractivity contribution in [2.45, 2.75) is 16.6 Å². The molecule has 3 heterocycles. The summed E-state index contributed by atoms with van der Waals surface area (Å²) in [5.41, 5.74) is 2.26. The van der Waals surface area contributed by atoms with Crippen LogP contribution in [0.2, 0.25) is 0 Å². The Bertz CT molecular complexity index is 959. The molecule has 2 aromatic heterocycles. The highest BCUT2D eigenvalue weighted by Crippen LogP contribution is 2.36. The number of benzene rings is 1. The molecular weight excluding hydrogens is 368 g/mol. The van der Waals surface area contributed by atoms with E-state index in [-0.39, 0.29) is 18.2 Å². The number of anilines is 2. The fourth-order valence-electron chi connectivity index (χ4n) is 2.53. The van der Waals surface area contributed by atoms with Crippen molar-refractivity contribution in [1.29, 1.82) is 0 Å². The van der Waals surface area contributed by atoms with Crippen molar-refractivity contribution in [3.8, 4) is 11.4 Å². The standard InChI is InChI=1S/C18H14N4O2S2/c23-16(9-15-17(24)20-12-6-1-2-7-14(12)26-15)22-18-21-13(10-25-18)11-5-3-4-8-19-11/h1-8,10,15H,9H2,(H,20,24)(H,21,22,23)/t15-/m0/s1. The van der Waals surface area contributed by atoms with Crippen LogP contribution in [0.5, 0.6) is 0 Å². The Kier molecular flexibility index (Phi) is 4.68. The SMILES string of the molecule is O=C(C[C@@H]1Sc2ccccc2NC1=O)Nc1nc(-c2ccccn2)cs1. The molecular formula is C18H14N4O2S2. The van der Waals surface area contributed by atoms with Crippen LogP contribution in [0.3, 0.4) is 0 Å². The highest BCUT2D eigenvalue weighted by atomic mass is 32.2. The first-order chi connectivity index (χ1) is 12.7. The van der Waals surface area contributed by atoms with Gasteiger partial charge in [0.25, 0.3) is 0 Å². The fourth-order valence-corrected chi connectivity index (χ4v) is 4.36. The lowest BCUT2D eigenvalue weighted by Crippen LogP contribution is -2.32. The van der Waals surface area contributed by atoms with Crippen LogP contribution in [0.25, 0.3) is 11.4 Å². The Hall–Kier alpha value is -2.71. The second kappa shape index (κ2) is 7.27. The number of para-hydroxylation sites is 1.